The zero-order valence-corrected chi connectivity index (χ0v) is 20.7. The maximum Gasteiger partial charge on any atom is 0.256 e. The summed E-state index contributed by atoms with van der Waals surface area (Å²) in [6, 6.07) is 22.5. The van der Waals surface area contributed by atoms with Gasteiger partial charge in [0.2, 0.25) is 0 Å². The standard InChI is InChI=1S/C29H33N5O/c1-29(2,3)24-11-9-23(10-12-24)28(35)31-25-20-34-26(30-25)13-14-27(32-34)33-17-15-22(16-18-33)19-21-7-5-4-6-8-21/h4-14,20,22H,15-19H2,1-3H3,(H,31,35). The first-order chi connectivity index (χ1) is 16.8. The molecule has 1 saturated heterocycles. The molecule has 0 spiro atoms. The van der Waals surface area contributed by atoms with Gasteiger partial charge in [-0.05, 0) is 66.0 Å². The zero-order chi connectivity index (χ0) is 24.4. The number of rotatable bonds is 5. The first kappa shape index (κ1) is 23.1. The van der Waals surface area contributed by atoms with E-state index in [9.17, 15) is 4.79 Å². The van der Waals surface area contributed by atoms with Crippen LogP contribution in [0, 0.1) is 5.92 Å². The van der Waals surface area contributed by atoms with Gasteiger partial charge in [0.15, 0.2) is 11.5 Å². The molecule has 1 N–H and O–H groups in total. The maximum absolute atomic E-state index is 12.7. The molecule has 0 atom stereocenters. The van der Waals surface area contributed by atoms with Crippen molar-refractivity contribution in [3.05, 3.63) is 89.6 Å². The predicted molar refractivity (Wildman–Crippen MR) is 141 cm³/mol. The van der Waals surface area contributed by atoms with Gasteiger partial charge in [-0.1, -0.05) is 63.2 Å². The Kier molecular flexibility index (Phi) is 6.29. The normalized spacial score (nSPS) is 14.9. The van der Waals surface area contributed by atoms with Crippen LogP contribution in [0.25, 0.3) is 5.65 Å². The van der Waals surface area contributed by atoms with Gasteiger partial charge >= 0.3 is 0 Å². The van der Waals surface area contributed by atoms with Crippen molar-refractivity contribution in [3.63, 3.8) is 0 Å². The lowest BCUT2D eigenvalue weighted by atomic mass is 9.87. The van der Waals surface area contributed by atoms with Gasteiger partial charge in [-0.15, -0.1) is 5.10 Å². The maximum atomic E-state index is 12.7. The van der Waals surface area contributed by atoms with Crippen LogP contribution in [0.15, 0.2) is 72.9 Å². The summed E-state index contributed by atoms with van der Waals surface area (Å²) in [4.78, 5) is 19.6. The van der Waals surface area contributed by atoms with E-state index < -0.39 is 0 Å². The summed E-state index contributed by atoms with van der Waals surface area (Å²) in [5.41, 5.74) is 4.00. The summed E-state index contributed by atoms with van der Waals surface area (Å²) in [5.74, 6) is 1.99. The summed E-state index contributed by atoms with van der Waals surface area (Å²) in [6.07, 6.45) is 5.24. The van der Waals surface area contributed by atoms with Gasteiger partial charge in [-0.2, -0.15) is 0 Å². The fourth-order valence-electron chi connectivity index (χ4n) is 4.72. The van der Waals surface area contributed by atoms with E-state index in [4.69, 9.17) is 5.10 Å². The lowest BCUT2D eigenvalue weighted by molar-refractivity contribution is 0.102. The Hall–Kier alpha value is -3.67. The van der Waals surface area contributed by atoms with Crippen molar-refractivity contribution >= 4 is 23.2 Å². The van der Waals surface area contributed by atoms with Crippen molar-refractivity contribution in [2.75, 3.05) is 23.3 Å². The Balaban J connectivity index is 1.22. The third-order valence-electron chi connectivity index (χ3n) is 6.87. The Morgan fingerprint density at radius 1 is 0.971 bits per heavy atom. The topological polar surface area (TPSA) is 62.5 Å². The highest BCUT2D eigenvalue weighted by Gasteiger charge is 2.21. The number of amides is 1. The monoisotopic (exact) mass is 467 g/mol. The summed E-state index contributed by atoms with van der Waals surface area (Å²) in [6.45, 7) is 8.48. The Labute approximate surface area is 207 Å². The fourth-order valence-corrected chi connectivity index (χ4v) is 4.72. The molecule has 1 aliphatic rings. The number of hydrogen-bond acceptors (Lipinski definition) is 4. The van der Waals surface area contributed by atoms with Gasteiger partial charge in [0.25, 0.3) is 5.91 Å². The minimum atomic E-state index is -0.172. The van der Waals surface area contributed by atoms with E-state index >= 15 is 0 Å². The first-order valence-electron chi connectivity index (χ1n) is 12.4. The average Bonchev–Trinajstić information content (AvgIpc) is 3.26. The third kappa shape index (κ3) is 5.37. The molecule has 0 unspecified atom stereocenters. The number of piperidine rings is 1. The molecule has 3 heterocycles. The average molecular weight is 468 g/mol. The molecule has 0 radical (unpaired) electrons. The number of carbonyl (C=O) groups excluding carboxylic acids is 1. The van der Waals surface area contributed by atoms with Crippen LogP contribution in [0.1, 0.15) is 55.1 Å². The van der Waals surface area contributed by atoms with E-state index in [0.29, 0.717) is 22.9 Å². The predicted octanol–water partition coefficient (Wildman–Crippen LogP) is 5.74. The molecule has 35 heavy (non-hydrogen) atoms. The molecule has 2 aromatic heterocycles. The van der Waals surface area contributed by atoms with Gasteiger partial charge in [-0.25, -0.2) is 9.50 Å². The lowest BCUT2D eigenvalue weighted by Gasteiger charge is -2.32. The molecule has 5 rings (SSSR count). The van der Waals surface area contributed by atoms with Gasteiger partial charge in [-0.3, -0.25) is 4.79 Å². The van der Waals surface area contributed by atoms with Crippen LogP contribution < -0.4 is 10.2 Å². The molecular formula is C29H33N5O. The zero-order valence-electron chi connectivity index (χ0n) is 20.7. The first-order valence-corrected chi connectivity index (χ1v) is 12.4. The second kappa shape index (κ2) is 9.53. The van der Waals surface area contributed by atoms with Crippen LogP contribution in [0.4, 0.5) is 11.6 Å². The number of imidazole rings is 1. The number of anilines is 2. The van der Waals surface area contributed by atoms with E-state index in [1.165, 1.54) is 11.1 Å². The van der Waals surface area contributed by atoms with Crippen molar-refractivity contribution < 1.29 is 4.79 Å². The van der Waals surface area contributed by atoms with E-state index in [-0.39, 0.29) is 11.3 Å². The number of aromatic nitrogens is 3. The molecule has 0 bridgehead atoms. The van der Waals surface area contributed by atoms with Crippen LogP contribution in [0.3, 0.4) is 0 Å². The van der Waals surface area contributed by atoms with Crippen molar-refractivity contribution in [3.8, 4) is 0 Å². The van der Waals surface area contributed by atoms with Crippen LogP contribution in [-0.2, 0) is 11.8 Å². The van der Waals surface area contributed by atoms with Crippen molar-refractivity contribution in [2.24, 2.45) is 5.92 Å². The number of benzene rings is 2. The molecule has 4 aromatic rings. The second-order valence-corrected chi connectivity index (χ2v) is 10.5. The minimum absolute atomic E-state index is 0.0527. The number of hydrogen-bond donors (Lipinski definition) is 1. The highest BCUT2D eigenvalue weighted by molar-refractivity contribution is 6.03. The quantitative estimate of drug-likeness (QED) is 0.407. The highest BCUT2D eigenvalue weighted by atomic mass is 16.1. The van der Waals surface area contributed by atoms with Gasteiger partial charge < -0.3 is 10.2 Å². The minimum Gasteiger partial charge on any atom is -0.355 e. The largest absolute Gasteiger partial charge is 0.355 e. The Morgan fingerprint density at radius 3 is 2.37 bits per heavy atom. The van der Waals surface area contributed by atoms with Crippen LogP contribution in [-0.4, -0.2) is 33.6 Å². The van der Waals surface area contributed by atoms with E-state index in [2.05, 4.69) is 66.3 Å². The van der Waals surface area contributed by atoms with Crippen molar-refractivity contribution in [1.29, 1.82) is 0 Å². The summed E-state index contributed by atoms with van der Waals surface area (Å²) in [7, 11) is 0. The molecule has 2 aromatic carbocycles. The lowest BCUT2D eigenvalue weighted by Crippen LogP contribution is -2.35. The molecule has 6 heteroatoms. The van der Waals surface area contributed by atoms with Gasteiger partial charge in [0, 0.05) is 18.7 Å². The van der Waals surface area contributed by atoms with Gasteiger partial charge in [0.1, 0.15) is 5.82 Å². The van der Waals surface area contributed by atoms with Crippen LogP contribution in [0.5, 0.6) is 0 Å². The van der Waals surface area contributed by atoms with Crippen molar-refractivity contribution in [1.82, 2.24) is 14.6 Å². The number of nitrogens with zero attached hydrogens (tertiary/aromatic N) is 4. The van der Waals surface area contributed by atoms with Crippen molar-refractivity contribution in [2.45, 2.75) is 45.4 Å². The molecule has 6 nitrogen and oxygen atoms in total. The molecule has 1 amide bonds. The SMILES string of the molecule is CC(C)(C)c1ccc(C(=O)Nc2cn3nc(N4CCC(Cc5ccccc5)CC4)ccc3n2)cc1. The summed E-state index contributed by atoms with van der Waals surface area (Å²) < 4.78 is 1.75. The molecule has 1 aliphatic heterocycles. The Morgan fingerprint density at radius 2 is 1.69 bits per heavy atom. The number of carbonyl (C=O) groups is 1. The Bertz CT molecular complexity index is 1300. The second-order valence-electron chi connectivity index (χ2n) is 10.5. The molecule has 0 saturated carbocycles. The number of fused-ring (bicyclic) bond motifs is 1. The number of nitrogens with one attached hydrogen (secondary N) is 1. The van der Waals surface area contributed by atoms with Gasteiger partial charge in [0.05, 0.1) is 6.20 Å². The molecular weight excluding hydrogens is 434 g/mol. The molecule has 180 valence electrons. The molecule has 0 aliphatic carbocycles. The van der Waals surface area contributed by atoms with E-state index in [1.807, 2.05) is 36.4 Å². The molecule has 1 fully saturated rings. The highest BCUT2D eigenvalue weighted by Crippen LogP contribution is 2.26. The summed E-state index contributed by atoms with van der Waals surface area (Å²) in [5, 5.41) is 7.69. The third-order valence-corrected chi connectivity index (χ3v) is 6.87. The van der Waals surface area contributed by atoms with E-state index in [0.717, 1.165) is 38.2 Å². The van der Waals surface area contributed by atoms with Crippen LogP contribution >= 0.6 is 0 Å². The smallest absolute Gasteiger partial charge is 0.256 e. The van der Waals surface area contributed by atoms with E-state index in [1.54, 1.807) is 10.7 Å². The fraction of sp³-hybridized carbons (Fsp3) is 0.345. The summed E-state index contributed by atoms with van der Waals surface area (Å²) >= 11 is 0. The van der Waals surface area contributed by atoms with Crippen LogP contribution in [0.2, 0.25) is 0 Å².